The number of rotatable bonds is 0. The van der Waals surface area contributed by atoms with E-state index in [0.717, 1.165) is 19.6 Å². The molecule has 1 fully saturated rings. The first-order chi connectivity index (χ1) is 3.71. The Morgan fingerprint density at radius 3 is 1.88 bits per heavy atom. The molecule has 1 saturated heterocycles. The molecule has 3 heteroatoms. The van der Waals surface area contributed by atoms with Crippen LogP contribution in [-0.2, 0) is 7.53 Å². The Balaban J connectivity index is 2.33. The van der Waals surface area contributed by atoms with Crippen LogP contribution in [-0.4, -0.2) is 27.2 Å². The molecule has 0 saturated carbocycles. The van der Waals surface area contributed by atoms with Gasteiger partial charge in [0, 0.05) is 0 Å². The van der Waals surface area contributed by atoms with Crippen LogP contribution in [0.4, 0.5) is 0 Å². The van der Waals surface area contributed by atoms with Crippen LogP contribution >= 0.6 is 0 Å². The molecule has 0 aliphatic carbocycles. The van der Waals surface area contributed by atoms with Gasteiger partial charge < -0.3 is 0 Å². The molecule has 1 rings (SSSR count). The molecule has 1 heterocycles. The summed E-state index contributed by atoms with van der Waals surface area (Å²) in [7, 11) is 0. The summed E-state index contributed by atoms with van der Waals surface area (Å²) in [5.41, 5.74) is 0. The first-order valence-electron chi connectivity index (χ1n) is 2.99. The molecule has 0 aromatic rings. The molecule has 0 aromatic heterocycles. The van der Waals surface area contributed by atoms with Gasteiger partial charge in [0.2, 0.25) is 0 Å². The van der Waals surface area contributed by atoms with Gasteiger partial charge in [0.1, 0.15) is 0 Å². The van der Waals surface area contributed by atoms with Gasteiger partial charge in [0.05, 0.1) is 0 Å². The predicted octanol–water partition coefficient (Wildman–Crippen LogP) is 1.13. The van der Waals surface area contributed by atoms with Gasteiger partial charge in [0.15, 0.2) is 0 Å². The third-order valence-electron chi connectivity index (χ3n) is 1.19. The zero-order valence-electron chi connectivity index (χ0n) is 5.44. The van der Waals surface area contributed by atoms with Gasteiger partial charge in [-0.1, -0.05) is 0 Å². The summed E-state index contributed by atoms with van der Waals surface area (Å²) in [5, 5.41) is 0. The van der Waals surface area contributed by atoms with Gasteiger partial charge in [-0.25, -0.2) is 0 Å². The Kier molecular flexibility index (Phi) is 1.95. The second-order valence-corrected chi connectivity index (χ2v) is 9.54. The fourth-order valence-corrected chi connectivity index (χ4v) is 3.58. The van der Waals surface area contributed by atoms with E-state index in [1.54, 1.807) is 0 Å². The summed E-state index contributed by atoms with van der Waals surface area (Å²) in [6, 6.07) is 0. The van der Waals surface area contributed by atoms with Crippen molar-refractivity contribution >= 4 is 13.9 Å². The molecule has 0 aromatic carbocycles. The van der Waals surface area contributed by atoms with Crippen molar-refractivity contribution < 1.29 is 7.53 Å². The second kappa shape index (κ2) is 2.37. The van der Waals surface area contributed by atoms with Crippen LogP contribution in [0.15, 0.2) is 0 Å². The molecular formula is C5H12GeO2. The Morgan fingerprint density at radius 2 is 1.62 bits per heavy atom. The van der Waals surface area contributed by atoms with E-state index in [2.05, 4.69) is 11.5 Å². The van der Waals surface area contributed by atoms with Crippen LogP contribution in [0.2, 0.25) is 11.5 Å². The molecule has 1 aliphatic rings. The van der Waals surface area contributed by atoms with Crippen molar-refractivity contribution in [2.45, 2.75) is 17.9 Å². The molecule has 0 unspecified atom stereocenters. The SMILES string of the molecule is [CH3][Ge]1([CH3])[O]CCC[O]1. The minimum atomic E-state index is -2.03. The summed E-state index contributed by atoms with van der Waals surface area (Å²) in [5.74, 6) is 4.25. The molecule has 0 spiro atoms. The fourth-order valence-electron chi connectivity index (χ4n) is 0.737. The van der Waals surface area contributed by atoms with Crippen molar-refractivity contribution in [2.24, 2.45) is 0 Å². The van der Waals surface area contributed by atoms with Gasteiger partial charge in [-0.2, -0.15) is 0 Å². The Hall–Kier alpha value is 0.463. The van der Waals surface area contributed by atoms with Crippen molar-refractivity contribution in [1.82, 2.24) is 0 Å². The summed E-state index contributed by atoms with van der Waals surface area (Å²) in [6.07, 6.45) is 1.08. The maximum absolute atomic E-state index is 5.43. The Bertz CT molecular complexity index is 74.5. The van der Waals surface area contributed by atoms with Crippen LogP contribution in [0.25, 0.3) is 0 Å². The van der Waals surface area contributed by atoms with Crippen molar-refractivity contribution in [3.05, 3.63) is 0 Å². The zero-order chi connectivity index (χ0) is 6.04. The van der Waals surface area contributed by atoms with Crippen LogP contribution in [0.3, 0.4) is 0 Å². The van der Waals surface area contributed by atoms with Gasteiger partial charge in [-0.3, -0.25) is 0 Å². The van der Waals surface area contributed by atoms with Gasteiger partial charge in [0.25, 0.3) is 0 Å². The zero-order valence-corrected chi connectivity index (χ0v) is 7.54. The minimum absolute atomic E-state index is 0.924. The van der Waals surface area contributed by atoms with E-state index in [1.807, 2.05) is 0 Å². The monoisotopic (exact) mass is 178 g/mol. The Morgan fingerprint density at radius 1 is 1.12 bits per heavy atom. The van der Waals surface area contributed by atoms with Gasteiger partial charge >= 0.3 is 52.6 Å². The molecule has 0 bridgehead atoms. The van der Waals surface area contributed by atoms with Crippen LogP contribution in [0.1, 0.15) is 6.42 Å². The Labute approximate surface area is 53.2 Å². The third kappa shape index (κ3) is 1.76. The van der Waals surface area contributed by atoms with E-state index in [1.165, 1.54) is 0 Å². The average Bonchev–Trinajstić information content (AvgIpc) is 1.65. The van der Waals surface area contributed by atoms with Crippen LogP contribution < -0.4 is 0 Å². The quantitative estimate of drug-likeness (QED) is 0.516. The molecule has 0 amide bonds. The van der Waals surface area contributed by atoms with Gasteiger partial charge in [-0.05, 0) is 0 Å². The summed E-state index contributed by atoms with van der Waals surface area (Å²) in [4.78, 5) is 0. The number of hydrogen-bond donors (Lipinski definition) is 0. The molecule has 0 N–H and O–H groups in total. The first-order valence-corrected chi connectivity index (χ1v) is 8.89. The van der Waals surface area contributed by atoms with E-state index in [-0.39, 0.29) is 0 Å². The summed E-state index contributed by atoms with van der Waals surface area (Å²) < 4.78 is 10.9. The topological polar surface area (TPSA) is 18.5 Å². The average molecular weight is 177 g/mol. The molecule has 0 radical (unpaired) electrons. The van der Waals surface area contributed by atoms with Crippen molar-refractivity contribution in [3.8, 4) is 0 Å². The van der Waals surface area contributed by atoms with E-state index in [0.29, 0.717) is 0 Å². The molecule has 0 atom stereocenters. The van der Waals surface area contributed by atoms with E-state index < -0.39 is 13.9 Å². The van der Waals surface area contributed by atoms with Crippen LogP contribution in [0, 0.1) is 0 Å². The van der Waals surface area contributed by atoms with Gasteiger partial charge in [-0.15, -0.1) is 0 Å². The van der Waals surface area contributed by atoms with Crippen LogP contribution in [0.5, 0.6) is 0 Å². The third-order valence-corrected chi connectivity index (χ3v) is 4.96. The second-order valence-electron chi connectivity index (χ2n) is 2.45. The standard InChI is InChI=1S/C5H12GeO2/c1-6(2)7-4-3-5-8-6/h3-5H2,1-2H3. The molecule has 1 aliphatic heterocycles. The first kappa shape index (κ1) is 6.58. The van der Waals surface area contributed by atoms with E-state index in [9.17, 15) is 0 Å². The summed E-state index contributed by atoms with van der Waals surface area (Å²) >= 11 is -2.03. The maximum atomic E-state index is 5.43. The molecular weight excluding hydrogens is 165 g/mol. The fraction of sp³-hybridized carbons (Fsp3) is 1.00. The van der Waals surface area contributed by atoms with E-state index >= 15 is 0 Å². The van der Waals surface area contributed by atoms with Crippen molar-refractivity contribution in [1.29, 1.82) is 0 Å². The van der Waals surface area contributed by atoms with Crippen molar-refractivity contribution in [3.63, 3.8) is 0 Å². The molecule has 8 heavy (non-hydrogen) atoms. The molecule has 48 valence electrons. The summed E-state index contributed by atoms with van der Waals surface area (Å²) in [6.45, 7) is 1.85. The predicted molar refractivity (Wildman–Crippen MR) is 34.0 cm³/mol. The normalized spacial score (nSPS) is 27.8. The number of hydrogen-bond acceptors (Lipinski definition) is 2. The molecule has 2 nitrogen and oxygen atoms in total. The van der Waals surface area contributed by atoms with E-state index in [4.69, 9.17) is 7.53 Å². The van der Waals surface area contributed by atoms with Crippen molar-refractivity contribution in [2.75, 3.05) is 13.2 Å².